The van der Waals surface area contributed by atoms with Crippen LogP contribution in [-0.4, -0.2) is 12.5 Å². The maximum atomic E-state index is 13.6. The lowest BCUT2D eigenvalue weighted by Crippen LogP contribution is -2.13. The number of benzene rings is 2. The number of rotatable bonds is 6. The van der Waals surface area contributed by atoms with Crippen LogP contribution in [0.5, 0.6) is 5.75 Å². The third-order valence-electron chi connectivity index (χ3n) is 3.10. The largest absolute Gasteiger partial charge is 0.494 e. The molecule has 116 valence electrons. The number of ether oxygens (including phenoxy) is 1. The first-order valence-electron chi connectivity index (χ1n) is 7.05. The Morgan fingerprint density at radius 3 is 2.77 bits per heavy atom. The lowest BCUT2D eigenvalue weighted by atomic mass is 10.1. The molecule has 0 saturated carbocycles. The molecule has 1 amide bonds. The number of nitrogens with one attached hydrogen (secondary N) is 1. The molecule has 0 aliphatic rings. The van der Waals surface area contributed by atoms with Crippen LogP contribution < -0.4 is 10.1 Å². The molecule has 0 saturated heterocycles. The number of halogens is 2. The molecule has 0 atom stereocenters. The van der Waals surface area contributed by atoms with Gasteiger partial charge in [-0.05, 0) is 43.2 Å². The predicted molar refractivity (Wildman–Crippen MR) is 86.0 cm³/mol. The molecule has 3 nitrogen and oxygen atoms in total. The first kappa shape index (κ1) is 16.3. The number of para-hydroxylation sites is 1. The zero-order valence-electron chi connectivity index (χ0n) is 12.2. The van der Waals surface area contributed by atoms with Gasteiger partial charge in [-0.1, -0.05) is 29.8 Å². The summed E-state index contributed by atoms with van der Waals surface area (Å²) < 4.78 is 19.1. The van der Waals surface area contributed by atoms with Crippen molar-refractivity contribution in [1.82, 2.24) is 0 Å². The van der Waals surface area contributed by atoms with Crippen LogP contribution in [0.15, 0.2) is 42.5 Å². The number of hydrogen-bond acceptors (Lipinski definition) is 2. The van der Waals surface area contributed by atoms with E-state index in [1.165, 1.54) is 18.2 Å². The fourth-order valence-electron chi connectivity index (χ4n) is 2.06. The van der Waals surface area contributed by atoms with Crippen LogP contribution in [0.1, 0.15) is 18.9 Å². The molecule has 0 aliphatic heterocycles. The molecule has 2 rings (SSSR count). The van der Waals surface area contributed by atoms with Crippen LogP contribution in [0.3, 0.4) is 0 Å². The Labute approximate surface area is 134 Å². The molecule has 0 bridgehead atoms. The Morgan fingerprint density at radius 2 is 2.05 bits per heavy atom. The van der Waals surface area contributed by atoms with Gasteiger partial charge in [0.15, 0.2) is 0 Å². The van der Waals surface area contributed by atoms with E-state index in [2.05, 4.69) is 5.32 Å². The van der Waals surface area contributed by atoms with Crippen molar-refractivity contribution in [1.29, 1.82) is 0 Å². The molecule has 2 aromatic rings. The Bertz CT molecular complexity index is 661. The summed E-state index contributed by atoms with van der Waals surface area (Å²) in [5, 5.41) is 2.84. The van der Waals surface area contributed by atoms with Gasteiger partial charge in [0.1, 0.15) is 11.6 Å². The zero-order chi connectivity index (χ0) is 15.9. The minimum Gasteiger partial charge on any atom is -0.494 e. The predicted octanol–water partition coefficient (Wildman–Crippen LogP) is 4.45. The van der Waals surface area contributed by atoms with E-state index >= 15 is 0 Å². The van der Waals surface area contributed by atoms with E-state index in [0.29, 0.717) is 18.1 Å². The molecule has 0 aliphatic carbocycles. The van der Waals surface area contributed by atoms with Gasteiger partial charge in [-0.3, -0.25) is 4.79 Å². The van der Waals surface area contributed by atoms with Crippen molar-refractivity contribution in [2.45, 2.75) is 19.8 Å². The Hall–Kier alpha value is -2.07. The van der Waals surface area contributed by atoms with Crippen LogP contribution >= 0.6 is 11.6 Å². The van der Waals surface area contributed by atoms with E-state index in [4.69, 9.17) is 16.3 Å². The molecule has 0 aromatic heterocycles. The molecule has 0 spiro atoms. The molecule has 5 heteroatoms. The second-order valence-corrected chi connectivity index (χ2v) is 5.15. The summed E-state index contributed by atoms with van der Waals surface area (Å²) in [6.45, 7) is 2.48. The number of amides is 1. The molecule has 0 heterocycles. The number of anilines is 1. The highest BCUT2D eigenvalue weighted by Gasteiger charge is 2.09. The Balaban J connectivity index is 1.95. The van der Waals surface area contributed by atoms with Crippen LogP contribution in [0, 0.1) is 5.82 Å². The molecule has 2 aromatic carbocycles. The molecule has 0 radical (unpaired) electrons. The maximum Gasteiger partial charge on any atom is 0.224 e. The van der Waals surface area contributed by atoms with Crippen LogP contribution in [-0.2, 0) is 11.2 Å². The zero-order valence-corrected chi connectivity index (χ0v) is 13.0. The second-order valence-electron chi connectivity index (χ2n) is 4.71. The van der Waals surface area contributed by atoms with Crippen LogP contribution in [0.2, 0.25) is 5.02 Å². The third kappa shape index (κ3) is 4.46. The van der Waals surface area contributed by atoms with E-state index in [-0.39, 0.29) is 18.0 Å². The van der Waals surface area contributed by atoms with E-state index in [1.54, 1.807) is 0 Å². The van der Waals surface area contributed by atoms with E-state index in [0.717, 1.165) is 11.3 Å². The number of hydrogen-bond donors (Lipinski definition) is 1. The summed E-state index contributed by atoms with van der Waals surface area (Å²) >= 11 is 5.68. The standard InChI is InChI=1S/C17H17ClFNO2/c1-2-22-16-6-4-3-5-12(16)7-10-17(21)20-15-9-8-13(18)11-14(15)19/h3-6,8-9,11H,2,7,10H2,1H3,(H,20,21). The van der Waals surface area contributed by atoms with Crippen molar-refractivity contribution in [3.05, 3.63) is 58.9 Å². The number of carbonyl (C=O) groups excluding carboxylic acids is 1. The van der Waals surface area contributed by atoms with Gasteiger partial charge in [0.2, 0.25) is 5.91 Å². The van der Waals surface area contributed by atoms with Crippen molar-refractivity contribution in [2.75, 3.05) is 11.9 Å². The summed E-state index contributed by atoms with van der Waals surface area (Å²) in [5.41, 5.74) is 1.09. The van der Waals surface area contributed by atoms with Gasteiger partial charge >= 0.3 is 0 Å². The summed E-state index contributed by atoms with van der Waals surface area (Å²) in [6.07, 6.45) is 0.767. The van der Waals surface area contributed by atoms with Crippen molar-refractivity contribution >= 4 is 23.2 Å². The van der Waals surface area contributed by atoms with Crippen molar-refractivity contribution in [3.63, 3.8) is 0 Å². The second kappa shape index (κ2) is 7.80. The molecule has 22 heavy (non-hydrogen) atoms. The fourth-order valence-corrected chi connectivity index (χ4v) is 2.22. The topological polar surface area (TPSA) is 38.3 Å². The summed E-state index contributed by atoms with van der Waals surface area (Å²) in [7, 11) is 0. The average molecular weight is 322 g/mol. The molecule has 0 unspecified atom stereocenters. The van der Waals surface area contributed by atoms with Gasteiger partial charge in [-0.2, -0.15) is 0 Å². The fraction of sp³-hybridized carbons (Fsp3) is 0.235. The van der Waals surface area contributed by atoms with Crippen molar-refractivity contribution in [3.8, 4) is 5.75 Å². The molecule has 1 N–H and O–H groups in total. The SMILES string of the molecule is CCOc1ccccc1CCC(=O)Nc1ccc(Cl)cc1F. The highest BCUT2D eigenvalue weighted by atomic mass is 35.5. The third-order valence-corrected chi connectivity index (χ3v) is 3.33. The van der Waals surface area contributed by atoms with Crippen LogP contribution in [0.25, 0.3) is 0 Å². The van der Waals surface area contributed by atoms with E-state index in [1.807, 2.05) is 31.2 Å². The van der Waals surface area contributed by atoms with Crippen LogP contribution in [0.4, 0.5) is 10.1 Å². The monoisotopic (exact) mass is 321 g/mol. The van der Waals surface area contributed by atoms with Gasteiger partial charge in [0.25, 0.3) is 0 Å². The first-order chi connectivity index (χ1) is 10.6. The van der Waals surface area contributed by atoms with E-state index in [9.17, 15) is 9.18 Å². The Kier molecular flexibility index (Phi) is 5.78. The summed E-state index contributed by atoms with van der Waals surface area (Å²) in [6, 6.07) is 11.7. The first-order valence-corrected chi connectivity index (χ1v) is 7.43. The van der Waals surface area contributed by atoms with Gasteiger partial charge in [-0.15, -0.1) is 0 Å². The highest BCUT2D eigenvalue weighted by molar-refractivity contribution is 6.30. The lowest BCUT2D eigenvalue weighted by molar-refractivity contribution is -0.116. The smallest absolute Gasteiger partial charge is 0.224 e. The van der Waals surface area contributed by atoms with Gasteiger partial charge in [0.05, 0.1) is 12.3 Å². The Morgan fingerprint density at radius 1 is 1.27 bits per heavy atom. The minimum absolute atomic E-state index is 0.132. The summed E-state index contributed by atoms with van der Waals surface area (Å²) in [4.78, 5) is 11.9. The van der Waals surface area contributed by atoms with Crippen molar-refractivity contribution < 1.29 is 13.9 Å². The average Bonchev–Trinajstić information content (AvgIpc) is 2.49. The van der Waals surface area contributed by atoms with Gasteiger partial charge < -0.3 is 10.1 Å². The van der Waals surface area contributed by atoms with Gasteiger partial charge in [-0.25, -0.2) is 4.39 Å². The normalized spacial score (nSPS) is 10.3. The molecular formula is C17H17ClFNO2. The number of aryl methyl sites for hydroxylation is 1. The maximum absolute atomic E-state index is 13.6. The van der Waals surface area contributed by atoms with Gasteiger partial charge in [0, 0.05) is 11.4 Å². The highest BCUT2D eigenvalue weighted by Crippen LogP contribution is 2.21. The van der Waals surface area contributed by atoms with E-state index < -0.39 is 5.82 Å². The minimum atomic E-state index is -0.546. The number of carbonyl (C=O) groups is 1. The lowest BCUT2D eigenvalue weighted by Gasteiger charge is -2.10. The molecular weight excluding hydrogens is 305 g/mol. The molecule has 0 fully saturated rings. The summed E-state index contributed by atoms with van der Waals surface area (Å²) in [5.74, 6) is -0.0291. The van der Waals surface area contributed by atoms with Crippen molar-refractivity contribution in [2.24, 2.45) is 0 Å². The quantitative estimate of drug-likeness (QED) is 0.853.